The molecule has 0 radical (unpaired) electrons. The Morgan fingerprint density at radius 2 is 2.00 bits per heavy atom. The number of aromatic nitrogens is 3. The van der Waals surface area contributed by atoms with Crippen LogP contribution >= 0.6 is 23.1 Å². The molecule has 0 saturated carbocycles. The molecular weight excluding hydrogens is 520 g/mol. The summed E-state index contributed by atoms with van der Waals surface area (Å²) in [6, 6.07) is 9.14. The van der Waals surface area contributed by atoms with Crippen molar-refractivity contribution in [1.82, 2.24) is 20.1 Å². The molecule has 4 rings (SSSR count). The SMILES string of the molecule is COc1ccc(C(=O)NCc2nnc(SCC(=O)Nc3sc4c(c3C#N)CC[C@H](C(C)(C)C)C4)n2C)cc1. The van der Waals surface area contributed by atoms with Crippen LogP contribution in [0.3, 0.4) is 0 Å². The smallest absolute Gasteiger partial charge is 0.251 e. The zero-order valence-corrected chi connectivity index (χ0v) is 23.9. The third-order valence-electron chi connectivity index (χ3n) is 6.87. The Hall–Kier alpha value is -3.36. The summed E-state index contributed by atoms with van der Waals surface area (Å²) in [6.45, 7) is 6.97. The maximum Gasteiger partial charge on any atom is 0.251 e. The van der Waals surface area contributed by atoms with E-state index < -0.39 is 0 Å². The highest BCUT2D eigenvalue weighted by Gasteiger charge is 2.32. The Bertz CT molecular complexity index is 1370. The van der Waals surface area contributed by atoms with Gasteiger partial charge in [-0.25, -0.2) is 0 Å². The predicted octanol–water partition coefficient (Wildman–Crippen LogP) is 4.57. The lowest BCUT2D eigenvalue weighted by Crippen LogP contribution is -2.26. The molecule has 9 nitrogen and oxygen atoms in total. The van der Waals surface area contributed by atoms with E-state index in [4.69, 9.17) is 4.74 Å². The van der Waals surface area contributed by atoms with Gasteiger partial charge in [0.05, 0.1) is 25.0 Å². The van der Waals surface area contributed by atoms with Crippen molar-refractivity contribution in [3.05, 3.63) is 51.7 Å². The number of nitrogens with one attached hydrogen (secondary N) is 2. The number of anilines is 1. The number of amides is 2. The summed E-state index contributed by atoms with van der Waals surface area (Å²) in [5.74, 6) is 1.51. The molecule has 200 valence electrons. The molecule has 2 N–H and O–H groups in total. The van der Waals surface area contributed by atoms with Gasteiger partial charge in [-0.3, -0.25) is 9.59 Å². The second-order valence-corrected chi connectivity index (χ2v) is 12.4. The standard InChI is InChI=1S/C27H32N6O3S2/c1-27(2,3)17-8-11-19-20(13-28)25(38-21(19)12-17)30-23(34)15-37-26-32-31-22(33(26)4)14-29-24(35)16-6-9-18(36-5)10-7-16/h6-7,9-10,17H,8,11-12,14-15H2,1-5H3,(H,29,35)(H,30,34)/t17-/m0/s1. The molecule has 0 fully saturated rings. The number of nitriles is 1. The van der Waals surface area contributed by atoms with E-state index in [-0.39, 0.29) is 29.5 Å². The van der Waals surface area contributed by atoms with Gasteiger partial charge in [-0.1, -0.05) is 32.5 Å². The molecule has 38 heavy (non-hydrogen) atoms. The van der Waals surface area contributed by atoms with Gasteiger partial charge in [-0.05, 0) is 60.4 Å². The van der Waals surface area contributed by atoms with Gasteiger partial charge in [0.15, 0.2) is 11.0 Å². The number of carbonyl (C=O) groups excluding carboxylic acids is 2. The summed E-state index contributed by atoms with van der Waals surface area (Å²) in [5.41, 5.74) is 2.42. The predicted molar refractivity (Wildman–Crippen MR) is 149 cm³/mol. The van der Waals surface area contributed by atoms with Gasteiger partial charge in [0, 0.05) is 17.5 Å². The molecule has 2 amide bonds. The Morgan fingerprint density at radius 1 is 1.26 bits per heavy atom. The lowest BCUT2D eigenvalue weighted by Gasteiger charge is -2.33. The largest absolute Gasteiger partial charge is 0.497 e. The number of ether oxygens (including phenoxy) is 1. The molecule has 0 spiro atoms. The van der Waals surface area contributed by atoms with E-state index >= 15 is 0 Å². The Balaban J connectivity index is 1.32. The Labute approximate surface area is 231 Å². The molecular formula is C27H32N6O3S2. The molecule has 0 bridgehead atoms. The van der Waals surface area contributed by atoms with Crippen LogP contribution in [0.25, 0.3) is 0 Å². The Kier molecular flexibility index (Phi) is 8.43. The van der Waals surface area contributed by atoms with Crippen molar-refractivity contribution < 1.29 is 14.3 Å². The molecule has 0 aliphatic heterocycles. The van der Waals surface area contributed by atoms with Crippen LogP contribution in [0, 0.1) is 22.7 Å². The fourth-order valence-corrected chi connectivity index (χ4v) is 6.48. The quantitative estimate of drug-likeness (QED) is 0.393. The van der Waals surface area contributed by atoms with Crippen LogP contribution in [-0.4, -0.2) is 39.4 Å². The monoisotopic (exact) mass is 552 g/mol. The summed E-state index contributed by atoms with van der Waals surface area (Å²) < 4.78 is 6.87. The molecule has 3 aromatic rings. The zero-order chi connectivity index (χ0) is 27.4. The van der Waals surface area contributed by atoms with Crippen LogP contribution in [0.5, 0.6) is 5.75 Å². The van der Waals surface area contributed by atoms with Crippen LogP contribution in [0.15, 0.2) is 29.4 Å². The van der Waals surface area contributed by atoms with Gasteiger partial charge in [-0.15, -0.1) is 21.5 Å². The number of thioether (sulfide) groups is 1. The summed E-state index contributed by atoms with van der Waals surface area (Å²) in [6.07, 6.45) is 2.87. The van der Waals surface area contributed by atoms with Gasteiger partial charge < -0.3 is 19.9 Å². The molecule has 1 aromatic carbocycles. The molecule has 11 heteroatoms. The van der Waals surface area contributed by atoms with Crippen molar-refractivity contribution in [2.24, 2.45) is 18.4 Å². The zero-order valence-electron chi connectivity index (χ0n) is 22.3. The highest BCUT2D eigenvalue weighted by molar-refractivity contribution is 7.99. The maximum absolute atomic E-state index is 12.8. The van der Waals surface area contributed by atoms with E-state index in [1.54, 1.807) is 43.0 Å². The van der Waals surface area contributed by atoms with Crippen molar-refractivity contribution in [3.63, 3.8) is 0 Å². The molecule has 2 heterocycles. The minimum absolute atomic E-state index is 0.127. The second-order valence-electron chi connectivity index (χ2n) is 10.3. The van der Waals surface area contributed by atoms with Gasteiger partial charge >= 0.3 is 0 Å². The molecule has 0 saturated heterocycles. The first-order valence-electron chi connectivity index (χ1n) is 12.4. The van der Waals surface area contributed by atoms with E-state index in [2.05, 4.69) is 47.7 Å². The third kappa shape index (κ3) is 6.19. The van der Waals surface area contributed by atoms with Crippen LogP contribution in [0.1, 0.15) is 59.4 Å². The first-order valence-corrected chi connectivity index (χ1v) is 14.2. The summed E-state index contributed by atoms with van der Waals surface area (Å²) in [5, 5.41) is 25.1. The molecule has 0 unspecified atom stereocenters. The highest BCUT2D eigenvalue weighted by Crippen LogP contribution is 2.44. The minimum atomic E-state index is -0.231. The van der Waals surface area contributed by atoms with E-state index in [9.17, 15) is 14.9 Å². The normalized spacial score (nSPS) is 14.9. The third-order valence-corrected chi connectivity index (χ3v) is 9.06. The molecule has 2 aromatic heterocycles. The van der Waals surface area contributed by atoms with Crippen LogP contribution in [0.4, 0.5) is 5.00 Å². The number of hydrogen-bond donors (Lipinski definition) is 2. The van der Waals surface area contributed by atoms with Gasteiger partial charge in [0.1, 0.15) is 16.8 Å². The minimum Gasteiger partial charge on any atom is -0.497 e. The van der Waals surface area contributed by atoms with Crippen molar-refractivity contribution in [2.45, 2.75) is 51.7 Å². The number of carbonyl (C=O) groups is 2. The fourth-order valence-electron chi connectivity index (χ4n) is 4.45. The fraction of sp³-hybridized carbons (Fsp3) is 0.444. The lowest BCUT2D eigenvalue weighted by molar-refractivity contribution is -0.113. The van der Waals surface area contributed by atoms with E-state index in [1.165, 1.54) is 28.0 Å². The number of hydrogen-bond acceptors (Lipinski definition) is 8. The lowest BCUT2D eigenvalue weighted by atomic mass is 9.72. The Morgan fingerprint density at radius 3 is 2.66 bits per heavy atom. The number of thiophene rings is 1. The van der Waals surface area contributed by atoms with Crippen LogP contribution in [-0.2, 0) is 31.2 Å². The second kappa shape index (κ2) is 11.6. The van der Waals surface area contributed by atoms with Crippen molar-refractivity contribution in [3.8, 4) is 11.8 Å². The number of methoxy groups -OCH3 is 1. The van der Waals surface area contributed by atoms with E-state index in [1.807, 2.05) is 0 Å². The number of benzene rings is 1. The number of rotatable bonds is 8. The molecule has 1 atom stereocenters. The van der Waals surface area contributed by atoms with E-state index in [0.29, 0.717) is 38.8 Å². The first kappa shape index (κ1) is 27.7. The van der Waals surface area contributed by atoms with E-state index in [0.717, 1.165) is 24.8 Å². The summed E-state index contributed by atoms with van der Waals surface area (Å²) in [7, 11) is 3.37. The number of fused-ring (bicyclic) bond motifs is 1. The van der Waals surface area contributed by atoms with Crippen LogP contribution in [0.2, 0.25) is 0 Å². The average Bonchev–Trinajstić information content (AvgIpc) is 3.43. The van der Waals surface area contributed by atoms with Gasteiger partial charge in [-0.2, -0.15) is 5.26 Å². The molecule has 1 aliphatic rings. The highest BCUT2D eigenvalue weighted by atomic mass is 32.2. The first-order chi connectivity index (χ1) is 18.1. The van der Waals surface area contributed by atoms with Crippen molar-refractivity contribution >= 4 is 39.9 Å². The topological polar surface area (TPSA) is 122 Å². The van der Waals surface area contributed by atoms with Gasteiger partial charge in [0.25, 0.3) is 5.91 Å². The van der Waals surface area contributed by atoms with Gasteiger partial charge in [0.2, 0.25) is 5.91 Å². The number of nitrogens with zero attached hydrogens (tertiary/aromatic N) is 4. The summed E-state index contributed by atoms with van der Waals surface area (Å²) in [4.78, 5) is 26.4. The average molecular weight is 553 g/mol. The summed E-state index contributed by atoms with van der Waals surface area (Å²) >= 11 is 2.78. The molecule has 1 aliphatic carbocycles. The van der Waals surface area contributed by atoms with Crippen LogP contribution < -0.4 is 15.4 Å². The van der Waals surface area contributed by atoms with Crippen molar-refractivity contribution in [1.29, 1.82) is 5.26 Å². The maximum atomic E-state index is 12.8. The van der Waals surface area contributed by atoms with Crippen molar-refractivity contribution in [2.75, 3.05) is 18.2 Å².